The molecule has 7 heteroatoms. The molecule has 0 fully saturated rings. The van der Waals surface area contributed by atoms with Crippen LogP contribution in [0.1, 0.15) is 36.9 Å². The van der Waals surface area contributed by atoms with E-state index < -0.39 is 18.4 Å². The second-order valence-electron chi connectivity index (χ2n) is 3.73. The molecule has 0 aliphatic rings. The summed E-state index contributed by atoms with van der Waals surface area (Å²) in [6.07, 6.45) is -2.70. The highest BCUT2D eigenvalue weighted by molar-refractivity contribution is 6.30. The average molecular weight is 314 g/mol. The second kappa shape index (κ2) is 8.30. The predicted octanol–water partition coefficient (Wildman–Crippen LogP) is 3.65. The Morgan fingerprint density at radius 2 is 1.95 bits per heavy atom. The molecule has 19 heavy (non-hydrogen) atoms. The Bertz CT molecular complexity index is 430. The van der Waals surface area contributed by atoms with Gasteiger partial charge in [0.25, 0.3) is 6.43 Å². The van der Waals surface area contributed by atoms with E-state index >= 15 is 0 Å². The molecule has 0 spiro atoms. The number of carbonyl (C=O) groups excluding carboxylic acids is 1. The molecule has 0 aliphatic carbocycles. The van der Waals surface area contributed by atoms with Gasteiger partial charge in [-0.05, 0) is 30.7 Å². The summed E-state index contributed by atoms with van der Waals surface area (Å²) in [7, 11) is 0. The van der Waals surface area contributed by atoms with Gasteiger partial charge >= 0.3 is 5.97 Å². The number of nitrogens with two attached hydrogens (primary N) is 1. The van der Waals surface area contributed by atoms with Crippen molar-refractivity contribution in [1.29, 1.82) is 0 Å². The first-order valence-corrected chi connectivity index (χ1v) is 5.81. The zero-order chi connectivity index (χ0) is 13.7. The number of hydrogen-bond acceptors (Lipinski definition) is 3. The number of halogens is 4. The average Bonchev–Trinajstić information content (AvgIpc) is 2.28. The van der Waals surface area contributed by atoms with E-state index in [1.807, 2.05) is 0 Å². The monoisotopic (exact) mass is 313 g/mol. The maximum absolute atomic E-state index is 12.6. The summed E-state index contributed by atoms with van der Waals surface area (Å²) in [5, 5.41) is 0.169. The number of esters is 1. The minimum Gasteiger partial charge on any atom is -0.466 e. The molecule has 3 nitrogen and oxygen atoms in total. The Hall–Kier alpha value is -0.910. The summed E-state index contributed by atoms with van der Waals surface area (Å²) < 4.78 is 29.9. The maximum atomic E-state index is 12.6. The minimum absolute atomic E-state index is 0. The Labute approximate surface area is 121 Å². The van der Waals surface area contributed by atoms with Gasteiger partial charge in [0, 0.05) is 16.6 Å². The van der Waals surface area contributed by atoms with Crippen molar-refractivity contribution in [2.75, 3.05) is 6.61 Å². The number of carbonyl (C=O) groups is 1. The van der Waals surface area contributed by atoms with Crippen molar-refractivity contribution in [2.24, 2.45) is 5.73 Å². The Kier molecular flexibility index (Phi) is 7.90. The van der Waals surface area contributed by atoms with Gasteiger partial charge < -0.3 is 10.5 Å². The summed E-state index contributed by atoms with van der Waals surface area (Å²) in [4.78, 5) is 11.2. The first-order valence-electron chi connectivity index (χ1n) is 5.43. The van der Waals surface area contributed by atoms with Gasteiger partial charge in [0.1, 0.15) is 0 Å². The Balaban J connectivity index is 0.00000324. The molecule has 1 atom stereocenters. The van der Waals surface area contributed by atoms with E-state index in [9.17, 15) is 13.6 Å². The first kappa shape index (κ1) is 18.1. The summed E-state index contributed by atoms with van der Waals surface area (Å²) in [6.45, 7) is 1.93. The van der Waals surface area contributed by atoms with E-state index in [4.69, 9.17) is 22.1 Å². The zero-order valence-corrected chi connectivity index (χ0v) is 11.8. The molecular weight excluding hydrogens is 299 g/mol. The van der Waals surface area contributed by atoms with Crippen LogP contribution >= 0.6 is 24.0 Å². The highest BCUT2D eigenvalue weighted by Gasteiger charge is 2.16. The fourth-order valence-electron chi connectivity index (χ4n) is 1.49. The van der Waals surface area contributed by atoms with Crippen LogP contribution in [0.25, 0.3) is 0 Å². The lowest BCUT2D eigenvalue weighted by atomic mass is 10.0. The van der Waals surface area contributed by atoms with Crippen molar-refractivity contribution >= 4 is 30.0 Å². The first-order chi connectivity index (χ1) is 8.43. The fourth-order valence-corrected chi connectivity index (χ4v) is 1.75. The molecule has 108 valence electrons. The molecule has 0 aliphatic heterocycles. The van der Waals surface area contributed by atoms with E-state index in [0.717, 1.165) is 0 Å². The van der Waals surface area contributed by atoms with Crippen LogP contribution < -0.4 is 5.73 Å². The molecule has 2 N–H and O–H groups in total. The fraction of sp³-hybridized carbons (Fsp3) is 0.417. The molecule has 1 rings (SSSR count). The molecular formula is C12H15Cl2F2NO2. The van der Waals surface area contributed by atoms with Crippen molar-refractivity contribution in [3.63, 3.8) is 0 Å². The highest BCUT2D eigenvalue weighted by atomic mass is 35.5. The van der Waals surface area contributed by atoms with Crippen molar-refractivity contribution in [1.82, 2.24) is 0 Å². The van der Waals surface area contributed by atoms with E-state index in [2.05, 4.69) is 0 Å². The lowest BCUT2D eigenvalue weighted by Gasteiger charge is -2.13. The third-order valence-corrected chi connectivity index (χ3v) is 2.53. The normalized spacial score (nSPS) is 11.9. The van der Waals surface area contributed by atoms with Gasteiger partial charge in [-0.2, -0.15) is 0 Å². The van der Waals surface area contributed by atoms with Gasteiger partial charge in [-0.25, -0.2) is 8.78 Å². The standard InChI is InChI=1S/C12H14ClF2NO2.ClH/c1-2-18-11(17)6-10(16)7-3-8(12(14)15)5-9(13)4-7;/h3-5,10,12H,2,6,16H2,1H3;1H/t10-;/m0./s1. The lowest BCUT2D eigenvalue weighted by molar-refractivity contribution is -0.143. The number of alkyl halides is 2. The number of ether oxygens (including phenoxy) is 1. The molecule has 0 amide bonds. The van der Waals surface area contributed by atoms with Crippen LogP contribution in [-0.2, 0) is 9.53 Å². The summed E-state index contributed by atoms with van der Waals surface area (Å²) in [6, 6.07) is 3.19. The van der Waals surface area contributed by atoms with Crippen LogP contribution in [0.3, 0.4) is 0 Å². The van der Waals surface area contributed by atoms with Crippen molar-refractivity contribution in [3.8, 4) is 0 Å². The summed E-state index contributed by atoms with van der Waals surface area (Å²) in [5.74, 6) is -0.469. The molecule has 0 bridgehead atoms. The van der Waals surface area contributed by atoms with Crippen molar-refractivity contribution in [3.05, 3.63) is 34.3 Å². The SMILES string of the molecule is CCOC(=O)C[C@H](N)c1cc(Cl)cc(C(F)F)c1.Cl. The minimum atomic E-state index is -2.63. The molecule has 0 aromatic heterocycles. The van der Waals surface area contributed by atoms with Crippen LogP contribution in [0.4, 0.5) is 8.78 Å². The number of hydrogen-bond donors (Lipinski definition) is 1. The molecule has 0 radical (unpaired) electrons. The molecule has 1 aromatic rings. The molecule has 0 saturated heterocycles. The largest absolute Gasteiger partial charge is 0.466 e. The molecule has 1 aromatic carbocycles. The number of benzene rings is 1. The van der Waals surface area contributed by atoms with Crippen LogP contribution in [0, 0.1) is 0 Å². The van der Waals surface area contributed by atoms with Crippen molar-refractivity contribution < 1.29 is 18.3 Å². The van der Waals surface area contributed by atoms with E-state index in [1.54, 1.807) is 6.92 Å². The highest BCUT2D eigenvalue weighted by Crippen LogP contribution is 2.27. The molecule has 0 unspecified atom stereocenters. The third kappa shape index (κ3) is 5.72. The zero-order valence-electron chi connectivity index (χ0n) is 10.2. The maximum Gasteiger partial charge on any atom is 0.307 e. The van der Waals surface area contributed by atoms with Crippen LogP contribution in [-0.4, -0.2) is 12.6 Å². The predicted molar refractivity (Wildman–Crippen MR) is 71.8 cm³/mol. The Morgan fingerprint density at radius 1 is 1.37 bits per heavy atom. The number of rotatable bonds is 5. The summed E-state index contributed by atoms with van der Waals surface area (Å²) >= 11 is 5.73. The van der Waals surface area contributed by atoms with E-state index in [-0.39, 0.29) is 36.0 Å². The smallest absolute Gasteiger partial charge is 0.307 e. The molecule has 0 heterocycles. The van der Waals surface area contributed by atoms with Gasteiger partial charge in [-0.1, -0.05) is 11.6 Å². The van der Waals surface area contributed by atoms with Crippen LogP contribution in [0.2, 0.25) is 5.02 Å². The van der Waals surface area contributed by atoms with Gasteiger partial charge in [0.2, 0.25) is 0 Å². The summed E-state index contributed by atoms with van der Waals surface area (Å²) in [5.41, 5.74) is 5.94. The van der Waals surface area contributed by atoms with Gasteiger partial charge in [-0.3, -0.25) is 4.79 Å². The van der Waals surface area contributed by atoms with Crippen molar-refractivity contribution in [2.45, 2.75) is 25.8 Å². The topological polar surface area (TPSA) is 52.3 Å². The lowest BCUT2D eigenvalue weighted by Crippen LogP contribution is -2.17. The van der Waals surface area contributed by atoms with E-state index in [1.165, 1.54) is 18.2 Å². The Morgan fingerprint density at radius 3 is 2.47 bits per heavy atom. The molecule has 0 saturated carbocycles. The third-order valence-electron chi connectivity index (χ3n) is 2.31. The van der Waals surface area contributed by atoms with Gasteiger partial charge in [0.05, 0.1) is 13.0 Å². The quantitative estimate of drug-likeness (QED) is 0.844. The second-order valence-corrected chi connectivity index (χ2v) is 4.17. The van der Waals surface area contributed by atoms with Gasteiger partial charge in [0.15, 0.2) is 0 Å². The van der Waals surface area contributed by atoms with Gasteiger partial charge in [-0.15, -0.1) is 12.4 Å². The van der Waals surface area contributed by atoms with Crippen LogP contribution in [0.15, 0.2) is 18.2 Å². The van der Waals surface area contributed by atoms with Crippen LogP contribution in [0.5, 0.6) is 0 Å². The van der Waals surface area contributed by atoms with E-state index in [0.29, 0.717) is 5.56 Å².